The van der Waals surface area contributed by atoms with Gasteiger partial charge in [0.25, 0.3) is 0 Å². The second kappa shape index (κ2) is 7.25. The Kier molecular flexibility index (Phi) is 5.98. The molecule has 19 heavy (non-hydrogen) atoms. The van der Waals surface area contributed by atoms with Crippen LogP contribution in [0.1, 0.15) is 25.5 Å². The number of carbonyl (C=O) groups excluding carboxylic acids is 2. The van der Waals surface area contributed by atoms with Crippen LogP contribution in [0.4, 0.5) is 4.79 Å². The first-order valence-electron chi connectivity index (χ1n) is 5.98. The molecule has 0 saturated carbocycles. The number of urea groups is 1. The highest BCUT2D eigenvalue weighted by molar-refractivity contribution is 9.10. The second-order valence-corrected chi connectivity index (χ2v) is 5.05. The zero-order valence-electron chi connectivity index (χ0n) is 11.2. The molecule has 3 N–H and O–H groups in total. The highest BCUT2D eigenvalue weighted by Gasteiger charge is 2.18. The Labute approximate surface area is 121 Å². The smallest absolute Gasteiger partial charge is 0.321 e. The van der Waals surface area contributed by atoms with Crippen molar-refractivity contribution in [3.63, 3.8) is 0 Å². The summed E-state index contributed by atoms with van der Waals surface area (Å²) in [5.41, 5.74) is 1.06. The van der Waals surface area contributed by atoms with E-state index < -0.39 is 12.1 Å². The summed E-state index contributed by atoms with van der Waals surface area (Å²) in [4.78, 5) is 22.8. The van der Waals surface area contributed by atoms with Crippen molar-refractivity contribution in [3.8, 4) is 0 Å². The van der Waals surface area contributed by atoms with Crippen molar-refractivity contribution in [2.75, 3.05) is 7.05 Å². The molecule has 0 radical (unpaired) electrons. The van der Waals surface area contributed by atoms with Gasteiger partial charge in [0, 0.05) is 17.6 Å². The summed E-state index contributed by atoms with van der Waals surface area (Å²) in [6.07, 6.45) is 0. The maximum atomic E-state index is 11.7. The van der Waals surface area contributed by atoms with Gasteiger partial charge in [-0.3, -0.25) is 15.4 Å². The molecule has 5 nitrogen and oxygen atoms in total. The van der Waals surface area contributed by atoms with Crippen LogP contribution in [0.3, 0.4) is 0 Å². The van der Waals surface area contributed by atoms with Crippen molar-refractivity contribution in [1.82, 2.24) is 16.0 Å². The van der Waals surface area contributed by atoms with Crippen LogP contribution in [0.15, 0.2) is 28.7 Å². The molecule has 1 aromatic carbocycles. The Balaban J connectivity index is 2.62. The topological polar surface area (TPSA) is 70.2 Å². The summed E-state index contributed by atoms with van der Waals surface area (Å²) in [5, 5.41) is 7.72. The van der Waals surface area contributed by atoms with Crippen LogP contribution >= 0.6 is 15.9 Å². The van der Waals surface area contributed by atoms with Gasteiger partial charge in [0.15, 0.2) is 0 Å². The van der Waals surface area contributed by atoms with Gasteiger partial charge in [-0.25, -0.2) is 4.79 Å². The number of amides is 3. The fourth-order valence-electron chi connectivity index (χ4n) is 1.65. The van der Waals surface area contributed by atoms with E-state index in [4.69, 9.17) is 0 Å². The lowest BCUT2D eigenvalue weighted by Crippen LogP contribution is -2.47. The van der Waals surface area contributed by atoms with Crippen molar-refractivity contribution >= 4 is 27.9 Å². The van der Waals surface area contributed by atoms with Gasteiger partial charge in [-0.2, -0.15) is 0 Å². The van der Waals surface area contributed by atoms with Gasteiger partial charge in [0.1, 0.15) is 0 Å². The van der Waals surface area contributed by atoms with Crippen LogP contribution in [-0.4, -0.2) is 25.0 Å². The molecule has 0 heterocycles. The quantitative estimate of drug-likeness (QED) is 0.791. The molecule has 0 aliphatic carbocycles. The number of hydrogen-bond donors (Lipinski definition) is 3. The number of halogens is 1. The van der Waals surface area contributed by atoms with Gasteiger partial charge in [-0.15, -0.1) is 0 Å². The lowest BCUT2D eigenvalue weighted by Gasteiger charge is -2.20. The molecule has 0 fully saturated rings. The predicted molar refractivity (Wildman–Crippen MR) is 77.8 cm³/mol. The predicted octanol–water partition coefficient (Wildman–Crippen LogP) is 1.94. The summed E-state index contributed by atoms with van der Waals surface area (Å²) in [7, 11) is 1.46. The molecule has 1 aromatic rings. The molecule has 1 rings (SSSR count). The van der Waals surface area contributed by atoms with E-state index in [1.807, 2.05) is 31.2 Å². The van der Waals surface area contributed by atoms with Gasteiger partial charge >= 0.3 is 6.03 Å². The number of imide groups is 1. The molecule has 2 atom stereocenters. The molecule has 0 saturated heterocycles. The van der Waals surface area contributed by atoms with Crippen LogP contribution in [0.2, 0.25) is 0 Å². The van der Waals surface area contributed by atoms with E-state index in [2.05, 4.69) is 31.9 Å². The van der Waals surface area contributed by atoms with E-state index in [0.29, 0.717) is 0 Å². The van der Waals surface area contributed by atoms with Crippen molar-refractivity contribution in [2.45, 2.75) is 25.9 Å². The minimum Gasteiger partial charge on any atom is -0.341 e. The Morgan fingerprint density at radius 3 is 2.42 bits per heavy atom. The van der Waals surface area contributed by atoms with Gasteiger partial charge in [-0.1, -0.05) is 34.1 Å². The number of hydrogen-bond acceptors (Lipinski definition) is 3. The summed E-state index contributed by atoms with van der Waals surface area (Å²) in [6.45, 7) is 3.68. The first-order chi connectivity index (χ1) is 8.95. The summed E-state index contributed by atoms with van der Waals surface area (Å²) < 4.78 is 0.980. The van der Waals surface area contributed by atoms with E-state index in [9.17, 15) is 9.59 Å². The minimum absolute atomic E-state index is 0.0130. The summed E-state index contributed by atoms with van der Waals surface area (Å²) >= 11 is 3.47. The molecule has 0 aliphatic rings. The van der Waals surface area contributed by atoms with Gasteiger partial charge in [0.05, 0.1) is 6.04 Å². The highest BCUT2D eigenvalue weighted by atomic mass is 79.9. The monoisotopic (exact) mass is 327 g/mol. The zero-order chi connectivity index (χ0) is 14.4. The fraction of sp³-hybridized carbons (Fsp3) is 0.385. The summed E-state index contributed by atoms with van der Waals surface area (Å²) in [5.74, 6) is -0.363. The fourth-order valence-corrected chi connectivity index (χ4v) is 2.28. The Bertz CT molecular complexity index is 465. The maximum Gasteiger partial charge on any atom is 0.321 e. The number of benzene rings is 1. The largest absolute Gasteiger partial charge is 0.341 e. The van der Waals surface area contributed by atoms with Crippen molar-refractivity contribution < 1.29 is 9.59 Å². The number of rotatable bonds is 4. The molecule has 0 aromatic heterocycles. The van der Waals surface area contributed by atoms with Crippen molar-refractivity contribution in [1.29, 1.82) is 0 Å². The molecule has 104 valence electrons. The lowest BCUT2D eigenvalue weighted by molar-refractivity contribution is -0.121. The van der Waals surface area contributed by atoms with Crippen LogP contribution in [-0.2, 0) is 4.79 Å². The molecule has 0 bridgehead atoms. The maximum absolute atomic E-state index is 11.7. The molecular formula is C13H18BrN3O2. The van der Waals surface area contributed by atoms with Gasteiger partial charge < -0.3 is 5.32 Å². The Morgan fingerprint density at radius 2 is 1.84 bits per heavy atom. The molecule has 1 unspecified atom stereocenters. The molecule has 6 heteroatoms. The highest BCUT2D eigenvalue weighted by Crippen LogP contribution is 2.22. The van der Waals surface area contributed by atoms with Crippen LogP contribution in [0, 0.1) is 0 Å². The van der Waals surface area contributed by atoms with E-state index in [-0.39, 0.29) is 11.9 Å². The second-order valence-electron chi connectivity index (χ2n) is 4.20. The first kappa shape index (κ1) is 15.7. The summed E-state index contributed by atoms with van der Waals surface area (Å²) in [6, 6.07) is 6.80. The SMILES string of the molecule is CNC(=O)NC(=O)C(C)N[C@H](C)c1ccccc1Br. The molecule has 0 aliphatic heterocycles. The molecule has 0 spiro atoms. The number of nitrogens with one attached hydrogen (secondary N) is 3. The normalized spacial score (nSPS) is 13.5. The van der Waals surface area contributed by atoms with Crippen molar-refractivity contribution in [2.24, 2.45) is 0 Å². The van der Waals surface area contributed by atoms with Gasteiger partial charge in [-0.05, 0) is 25.5 Å². The third kappa shape index (κ3) is 4.65. The first-order valence-corrected chi connectivity index (χ1v) is 6.78. The van der Waals surface area contributed by atoms with Crippen LogP contribution in [0.25, 0.3) is 0 Å². The third-order valence-electron chi connectivity index (χ3n) is 2.73. The van der Waals surface area contributed by atoms with Crippen LogP contribution < -0.4 is 16.0 Å². The van der Waals surface area contributed by atoms with Gasteiger partial charge in [0.2, 0.25) is 5.91 Å². The average molecular weight is 328 g/mol. The molecule has 3 amide bonds. The van der Waals surface area contributed by atoms with E-state index in [0.717, 1.165) is 10.0 Å². The minimum atomic E-state index is -0.507. The Hall–Kier alpha value is -1.40. The number of carbonyl (C=O) groups is 2. The standard InChI is InChI=1S/C13H18BrN3O2/c1-8(10-6-4-5-7-11(10)14)16-9(2)12(18)17-13(19)15-3/h4-9,16H,1-3H3,(H2,15,17,18,19)/t8-,9?/m1/s1. The molecular weight excluding hydrogens is 310 g/mol. The van der Waals surface area contributed by atoms with E-state index in [1.165, 1.54) is 7.05 Å². The van der Waals surface area contributed by atoms with Crippen molar-refractivity contribution in [3.05, 3.63) is 34.3 Å². The van der Waals surface area contributed by atoms with Crippen LogP contribution in [0.5, 0.6) is 0 Å². The zero-order valence-corrected chi connectivity index (χ0v) is 12.7. The lowest BCUT2D eigenvalue weighted by atomic mass is 10.1. The average Bonchev–Trinajstić information content (AvgIpc) is 2.38. The van der Waals surface area contributed by atoms with E-state index in [1.54, 1.807) is 6.92 Å². The third-order valence-corrected chi connectivity index (χ3v) is 3.45. The van der Waals surface area contributed by atoms with E-state index >= 15 is 0 Å². The Morgan fingerprint density at radius 1 is 1.21 bits per heavy atom.